The Bertz CT molecular complexity index is 1190. The first-order chi connectivity index (χ1) is 13.4. The Labute approximate surface area is 161 Å². The van der Waals surface area contributed by atoms with Gasteiger partial charge in [0.1, 0.15) is 5.69 Å². The van der Waals surface area contributed by atoms with Crippen LogP contribution in [0, 0.1) is 0 Å². The van der Waals surface area contributed by atoms with Crippen LogP contribution in [0.25, 0.3) is 22.0 Å². The van der Waals surface area contributed by atoms with E-state index in [9.17, 15) is 14.4 Å². The molecule has 0 bridgehead atoms. The molecule has 142 valence electrons. The molecule has 0 radical (unpaired) electrons. The summed E-state index contributed by atoms with van der Waals surface area (Å²) in [6, 6.07) is 10.5. The van der Waals surface area contributed by atoms with Crippen LogP contribution < -0.4 is 10.9 Å². The molecule has 2 aromatic carbocycles. The fourth-order valence-corrected chi connectivity index (χ4v) is 3.57. The number of carbonyl (C=O) groups excluding carboxylic acids is 2. The molecule has 1 aliphatic carbocycles. The summed E-state index contributed by atoms with van der Waals surface area (Å²) in [5.41, 5.74) is 2.27. The van der Waals surface area contributed by atoms with E-state index in [2.05, 4.69) is 10.4 Å². The van der Waals surface area contributed by atoms with Crippen LogP contribution in [0.15, 0.2) is 41.2 Å². The van der Waals surface area contributed by atoms with Crippen molar-refractivity contribution in [1.29, 1.82) is 0 Å². The lowest BCUT2D eigenvalue weighted by molar-refractivity contribution is -0.114. The van der Waals surface area contributed by atoms with Gasteiger partial charge < -0.3 is 10.2 Å². The van der Waals surface area contributed by atoms with Crippen LogP contribution in [0.4, 0.5) is 5.69 Å². The first-order valence-corrected chi connectivity index (χ1v) is 9.02. The molecule has 0 aliphatic heterocycles. The van der Waals surface area contributed by atoms with E-state index in [1.54, 1.807) is 24.3 Å². The SMILES string of the molecule is CC(=O)Nc1ccc2c(=O)n(CCN(C)C)nc3c2c1C(=O)c1ccccc1-3. The predicted molar refractivity (Wildman–Crippen MR) is 108 cm³/mol. The normalized spacial score (nSPS) is 12.4. The van der Waals surface area contributed by atoms with E-state index in [1.807, 2.05) is 31.1 Å². The molecule has 7 heteroatoms. The predicted octanol–water partition coefficient (Wildman–Crippen LogP) is 2.13. The number of rotatable bonds is 4. The van der Waals surface area contributed by atoms with Gasteiger partial charge in [0.25, 0.3) is 5.56 Å². The first-order valence-electron chi connectivity index (χ1n) is 9.02. The summed E-state index contributed by atoms with van der Waals surface area (Å²) in [5, 5.41) is 8.25. The summed E-state index contributed by atoms with van der Waals surface area (Å²) in [6.45, 7) is 2.49. The number of fused-ring (bicyclic) bond motifs is 2. The van der Waals surface area contributed by atoms with Gasteiger partial charge >= 0.3 is 0 Å². The van der Waals surface area contributed by atoms with Crippen LogP contribution >= 0.6 is 0 Å². The molecule has 0 unspecified atom stereocenters. The quantitative estimate of drug-likeness (QED) is 0.590. The van der Waals surface area contributed by atoms with Gasteiger partial charge in [-0.15, -0.1) is 0 Å². The molecule has 0 spiro atoms. The maximum Gasteiger partial charge on any atom is 0.274 e. The number of aromatic nitrogens is 2. The molecule has 0 saturated heterocycles. The third-order valence-corrected chi connectivity index (χ3v) is 4.85. The average Bonchev–Trinajstić information content (AvgIpc) is 2.66. The summed E-state index contributed by atoms with van der Waals surface area (Å²) in [6.07, 6.45) is 0. The zero-order valence-electron chi connectivity index (χ0n) is 15.9. The molecule has 28 heavy (non-hydrogen) atoms. The molecule has 0 saturated carbocycles. The minimum absolute atomic E-state index is 0.218. The Balaban J connectivity index is 2.08. The minimum Gasteiger partial charge on any atom is -0.326 e. The number of amides is 1. The Morgan fingerprint density at radius 1 is 1.11 bits per heavy atom. The lowest BCUT2D eigenvalue weighted by atomic mass is 9.85. The number of anilines is 1. The average molecular weight is 376 g/mol. The van der Waals surface area contributed by atoms with Crippen LogP contribution in [0.3, 0.4) is 0 Å². The maximum atomic E-state index is 13.2. The van der Waals surface area contributed by atoms with Crippen LogP contribution in [0.2, 0.25) is 0 Å². The van der Waals surface area contributed by atoms with Crippen molar-refractivity contribution in [2.24, 2.45) is 0 Å². The molecule has 1 aromatic heterocycles. The van der Waals surface area contributed by atoms with Crippen molar-refractivity contribution in [2.75, 3.05) is 26.0 Å². The number of likely N-dealkylation sites (N-methyl/N-ethyl adjacent to an activating group) is 1. The van der Waals surface area contributed by atoms with Crippen LogP contribution in [-0.4, -0.2) is 47.0 Å². The highest BCUT2D eigenvalue weighted by Crippen LogP contribution is 2.39. The van der Waals surface area contributed by atoms with Crippen molar-refractivity contribution in [3.05, 3.63) is 57.9 Å². The number of nitrogens with zero attached hydrogens (tertiary/aromatic N) is 3. The molecule has 1 N–H and O–H groups in total. The Kier molecular flexibility index (Phi) is 4.31. The summed E-state index contributed by atoms with van der Waals surface area (Å²) in [5.74, 6) is -0.499. The third kappa shape index (κ3) is 2.80. The number of hydrogen-bond acceptors (Lipinski definition) is 5. The van der Waals surface area contributed by atoms with Crippen molar-refractivity contribution in [3.8, 4) is 11.3 Å². The fraction of sp³-hybridized carbons (Fsp3) is 0.238. The second kappa shape index (κ2) is 6.69. The number of ketones is 1. The van der Waals surface area contributed by atoms with Crippen molar-refractivity contribution in [1.82, 2.24) is 14.7 Å². The van der Waals surface area contributed by atoms with Crippen molar-refractivity contribution >= 4 is 28.2 Å². The summed E-state index contributed by atoms with van der Waals surface area (Å²) >= 11 is 0. The lowest BCUT2D eigenvalue weighted by Crippen LogP contribution is -2.30. The highest BCUT2D eigenvalue weighted by Gasteiger charge is 2.30. The van der Waals surface area contributed by atoms with Gasteiger partial charge in [0.05, 0.1) is 23.2 Å². The molecule has 1 amide bonds. The van der Waals surface area contributed by atoms with E-state index in [0.717, 1.165) is 0 Å². The zero-order valence-corrected chi connectivity index (χ0v) is 15.9. The molecule has 0 fully saturated rings. The molecule has 4 rings (SSSR count). The topological polar surface area (TPSA) is 84.3 Å². The summed E-state index contributed by atoms with van der Waals surface area (Å²) in [7, 11) is 3.86. The van der Waals surface area contributed by atoms with Gasteiger partial charge in [-0.25, -0.2) is 4.68 Å². The van der Waals surface area contributed by atoms with E-state index in [4.69, 9.17) is 0 Å². The number of benzene rings is 2. The maximum absolute atomic E-state index is 13.2. The Morgan fingerprint density at radius 2 is 1.82 bits per heavy atom. The van der Waals surface area contributed by atoms with Crippen LogP contribution in [0.5, 0.6) is 0 Å². The number of hydrogen-bond donors (Lipinski definition) is 1. The smallest absolute Gasteiger partial charge is 0.274 e. The Morgan fingerprint density at radius 3 is 2.50 bits per heavy atom. The van der Waals surface area contributed by atoms with E-state index in [1.165, 1.54) is 11.6 Å². The summed E-state index contributed by atoms with van der Waals surface area (Å²) in [4.78, 5) is 39.8. The van der Waals surface area contributed by atoms with E-state index in [0.29, 0.717) is 51.9 Å². The van der Waals surface area contributed by atoms with E-state index in [-0.39, 0.29) is 17.2 Å². The highest BCUT2D eigenvalue weighted by molar-refractivity contribution is 6.28. The van der Waals surface area contributed by atoms with Crippen molar-refractivity contribution in [2.45, 2.75) is 13.5 Å². The lowest BCUT2D eigenvalue weighted by Gasteiger charge is -2.22. The van der Waals surface area contributed by atoms with E-state index < -0.39 is 0 Å². The first kappa shape index (κ1) is 18.1. The number of carbonyl (C=O) groups is 2. The molecule has 3 aromatic rings. The van der Waals surface area contributed by atoms with Crippen molar-refractivity contribution in [3.63, 3.8) is 0 Å². The molecule has 1 aliphatic rings. The molecule has 1 heterocycles. The van der Waals surface area contributed by atoms with Crippen LogP contribution in [-0.2, 0) is 11.3 Å². The second-order valence-electron chi connectivity index (χ2n) is 7.15. The zero-order chi connectivity index (χ0) is 20.0. The van der Waals surface area contributed by atoms with Gasteiger partial charge in [-0.05, 0) is 26.2 Å². The minimum atomic E-state index is -0.281. The van der Waals surface area contributed by atoms with Gasteiger partial charge in [-0.2, -0.15) is 5.10 Å². The van der Waals surface area contributed by atoms with Gasteiger partial charge in [-0.3, -0.25) is 14.4 Å². The Hall–Kier alpha value is -3.32. The second-order valence-corrected chi connectivity index (χ2v) is 7.15. The highest BCUT2D eigenvalue weighted by atomic mass is 16.2. The summed E-state index contributed by atoms with van der Waals surface area (Å²) < 4.78 is 1.45. The van der Waals surface area contributed by atoms with Crippen molar-refractivity contribution < 1.29 is 9.59 Å². The molecular formula is C21H20N4O3. The van der Waals surface area contributed by atoms with Gasteiger partial charge in [0.15, 0.2) is 5.78 Å². The van der Waals surface area contributed by atoms with Crippen LogP contribution in [0.1, 0.15) is 22.8 Å². The molecule has 7 nitrogen and oxygen atoms in total. The largest absolute Gasteiger partial charge is 0.326 e. The van der Waals surface area contributed by atoms with Gasteiger partial charge in [0.2, 0.25) is 5.91 Å². The third-order valence-electron chi connectivity index (χ3n) is 4.85. The standard InChI is InChI=1S/C21H20N4O3/c1-12(26)22-16-9-8-15-17-18(16)20(27)14-7-5-4-6-13(14)19(17)23-25(21(15)28)11-10-24(2)3/h4-9H,10-11H2,1-3H3,(H,22,26). The molecular weight excluding hydrogens is 356 g/mol. The van der Waals surface area contributed by atoms with Gasteiger partial charge in [0, 0.05) is 30.0 Å². The molecule has 0 atom stereocenters. The number of nitrogens with one attached hydrogen (secondary N) is 1. The monoisotopic (exact) mass is 376 g/mol. The van der Waals surface area contributed by atoms with Gasteiger partial charge in [-0.1, -0.05) is 24.3 Å². The van der Waals surface area contributed by atoms with E-state index >= 15 is 0 Å². The fourth-order valence-electron chi connectivity index (χ4n) is 3.57.